The van der Waals surface area contributed by atoms with Gasteiger partial charge in [-0.1, -0.05) is 66.9 Å². The highest BCUT2D eigenvalue weighted by Gasteiger charge is 2.13. The van der Waals surface area contributed by atoms with Crippen LogP contribution in [0.5, 0.6) is 5.75 Å². The molecule has 0 radical (unpaired) electrons. The number of nitrogens with zero attached hydrogens (tertiary/aromatic N) is 1. The van der Waals surface area contributed by atoms with Crippen LogP contribution >= 0.6 is 23.2 Å². The molecule has 118 valence electrons. The molecule has 0 aliphatic carbocycles. The summed E-state index contributed by atoms with van der Waals surface area (Å²) in [4.78, 5) is 2.31. The van der Waals surface area contributed by atoms with E-state index in [0.29, 0.717) is 16.6 Å². The van der Waals surface area contributed by atoms with E-state index in [1.54, 1.807) is 12.1 Å². The normalized spacial score (nSPS) is 11.1. The molecule has 2 rings (SSSR count). The molecule has 2 nitrogen and oxygen atoms in total. The van der Waals surface area contributed by atoms with Crippen LogP contribution in [0, 0.1) is 0 Å². The van der Waals surface area contributed by atoms with Gasteiger partial charge in [0, 0.05) is 23.7 Å². The highest BCUT2D eigenvalue weighted by molar-refractivity contribution is 6.35. The van der Waals surface area contributed by atoms with E-state index in [1.165, 1.54) is 5.56 Å². The Hall–Kier alpha value is -1.22. The Balaban J connectivity index is 2.16. The number of benzene rings is 2. The Bertz CT molecular complexity index is 602. The third-order valence-electron chi connectivity index (χ3n) is 3.58. The van der Waals surface area contributed by atoms with Crippen LogP contribution in [0.1, 0.15) is 30.9 Å². The van der Waals surface area contributed by atoms with Gasteiger partial charge in [-0.3, -0.25) is 4.90 Å². The zero-order valence-corrected chi connectivity index (χ0v) is 14.2. The molecule has 4 heteroatoms. The van der Waals surface area contributed by atoms with Gasteiger partial charge in [-0.15, -0.1) is 0 Å². The molecular weight excluding hydrogens is 317 g/mol. The molecule has 0 bridgehead atoms. The Labute approximate surface area is 142 Å². The number of phenolic OH excluding ortho intramolecular Hbond substituents is 1. The van der Waals surface area contributed by atoms with Gasteiger partial charge in [0.15, 0.2) is 0 Å². The van der Waals surface area contributed by atoms with Gasteiger partial charge in [-0.2, -0.15) is 0 Å². The summed E-state index contributed by atoms with van der Waals surface area (Å²) in [5, 5.41) is 11.0. The SMILES string of the molecule is CCCCN(Cc1ccccc1)Cc1cc(Cl)cc(Cl)c1O. The van der Waals surface area contributed by atoms with Gasteiger partial charge in [0.05, 0.1) is 5.02 Å². The number of halogens is 2. The van der Waals surface area contributed by atoms with Crippen LogP contribution in [0.3, 0.4) is 0 Å². The topological polar surface area (TPSA) is 23.5 Å². The lowest BCUT2D eigenvalue weighted by Crippen LogP contribution is -2.24. The van der Waals surface area contributed by atoms with Crippen molar-refractivity contribution in [3.05, 3.63) is 63.6 Å². The van der Waals surface area contributed by atoms with E-state index in [4.69, 9.17) is 23.2 Å². The standard InChI is InChI=1S/C18H21Cl2NO/c1-2-3-9-21(12-14-7-5-4-6-8-14)13-15-10-16(19)11-17(20)18(15)22/h4-8,10-11,22H,2-3,9,12-13H2,1H3. The molecule has 0 aliphatic heterocycles. The molecular formula is C18H21Cl2NO. The van der Waals surface area contributed by atoms with Crippen molar-refractivity contribution in [3.63, 3.8) is 0 Å². The fourth-order valence-electron chi connectivity index (χ4n) is 2.42. The fourth-order valence-corrected chi connectivity index (χ4v) is 2.95. The summed E-state index contributed by atoms with van der Waals surface area (Å²) in [6.45, 7) is 4.61. The molecule has 0 saturated heterocycles. The average molecular weight is 338 g/mol. The predicted octanol–water partition coefficient (Wildman–Crippen LogP) is 5.50. The van der Waals surface area contributed by atoms with Crippen LogP contribution in [-0.2, 0) is 13.1 Å². The minimum absolute atomic E-state index is 0.126. The maximum absolute atomic E-state index is 10.1. The van der Waals surface area contributed by atoms with Crippen molar-refractivity contribution in [2.75, 3.05) is 6.54 Å². The molecule has 1 N–H and O–H groups in total. The lowest BCUT2D eigenvalue weighted by molar-refractivity contribution is 0.249. The molecule has 0 aromatic heterocycles. The summed E-state index contributed by atoms with van der Waals surface area (Å²) >= 11 is 12.1. The van der Waals surface area contributed by atoms with E-state index in [2.05, 4.69) is 24.0 Å². The van der Waals surface area contributed by atoms with Gasteiger partial charge < -0.3 is 5.11 Å². The van der Waals surface area contributed by atoms with Gasteiger partial charge in [0.2, 0.25) is 0 Å². The molecule has 0 fully saturated rings. The van der Waals surface area contributed by atoms with E-state index in [9.17, 15) is 5.11 Å². The second-order valence-corrected chi connectivity index (χ2v) is 6.29. The molecule has 0 unspecified atom stereocenters. The first kappa shape index (κ1) is 17.1. The third-order valence-corrected chi connectivity index (χ3v) is 4.08. The lowest BCUT2D eigenvalue weighted by atomic mass is 10.1. The molecule has 0 spiro atoms. The number of aromatic hydroxyl groups is 1. The first-order valence-corrected chi connectivity index (χ1v) is 8.29. The van der Waals surface area contributed by atoms with Crippen LogP contribution in [0.15, 0.2) is 42.5 Å². The monoisotopic (exact) mass is 337 g/mol. The van der Waals surface area contributed by atoms with Crippen LogP contribution in [0.2, 0.25) is 10.0 Å². The summed E-state index contributed by atoms with van der Waals surface area (Å²) in [6, 6.07) is 13.7. The van der Waals surface area contributed by atoms with Crippen molar-refractivity contribution >= 4 is 23.2 Å². The largest absolute Gasteiger partial charge is 0.506 e. The second kappa shape index (κ2) is 8.42. The Morgan fingerprint density at radius 2 is 1.77 bits per heavy atom. The van der Waals surface area contributed by atoms with Gasteiger partial charge >= 0.3 is 0 Å². The predicted molar refractivity (Wildman–Crippen MR) is 93.6 cm³/mol. The Morgan fingerprint density at radius 1 is 1.05 bits per heavy atom. The van der Waals surface area contributed by atoms with Gasteiger partial charge in [0.1, 0.15) is 5.75 Å². The Kier molecular flexibility index (Phi) is 6.56. The second-order valence-electron chi connectivity index (χ2n) is 5.45. The van der Waals surface area contributed by atoms with Gasteiger partial charge in [0.25, 0.3) is 0 Å². The summed E-state index contributed by atoms with van der Waals surface area (Å²) in [5.41, 5.74) is 2.02. The maximum Gasteiger partial charge on any atom is 0.138 e. The summed E-state index contributed by atoms with van der Waals surface area (Å²) in [5.74, 6) is 0.126. The minimum atomic E-state index is 0.126. The fraction of sp³-hybridized carbons (Fsp3) is 0.333. The van der Waals surface area contributed by atoms with Gasteiger partial charge in [-0.25, -0.2) is 0 Å². The quantitative estimate of drug-likeness (QED) is 0.720. The lowest BCUT2D eigenvalue weighted by Gasteiger charge is -2.23. The zero-order chi connectivity index (χ0) is 15.9. The van der Waals surface area contributed by atoms with Crippen LogP contribution < -0.4 is 0 Å². The summed E-state index contributed by atoms with van der Waals surface area (Å²) in [7, 11) is 0. The highest BCUT2D eigenvalue weighted by atomic mass is 35.5. The molecule has 0 saturated carbocycles. The smallest absolute Gasteiger partial charge is 0.138 e. The molecule has 0 heterocycles. The van der Waals surface area contributed by atoms with Crippen molar-refractivity contribution in [3.8, 4) is 5.75 Å². The number of hydrogen-bond acceptors (Lipinski definition) is 2. The molecule has 2 aromatic rings. The number of phenols is 1. The Morgan fingerprint density at radius 3 is 2.45 bits per heavy atom. The van der Waals surface area contributed by atoms with Crippen molar-refractivity contribution < 1.29 is 5.11 Å². The van der Waals surface area contributed by atoms with E-state index in [1.807, 2.05) is 18.2 Å². The number of rotatable bonds is 7. The van der Waals surface area contributed by atoms with E-state index < -0.39 is 0 Å². The first-order chi connectivity index (χ1) is 10.6. The molecule has 0 amide bonds. The highest BCUT2D eigenvalue weighted by Crippen LogP contribution is 2.32. The van der Waals surface area contributed by atoms with Crippen molar-refractivity contribution in [1.29, 1.82) is 0 Å². The number of unbranched alkanes of at least 4 members (excludes halogenated alkanes) is 1. The van der Waals surface area contributed by atoms with Crippen molar-refractivity contribution in [1.82, 2.24) is 4.90 Å². The van der Waals surface area contributed by atoms with Gasteiger partial charge in [-0.05, 0) is 30.7 Å². The summed E-state index contributed by atoms with van der Waals surface area (Å²) in [6.07, 6.45) is 2.25. The molecule has 0 atom stereocenters. The van der Waals surface area contributed by atoms with E-state index in [-0.39, 0.29) is 5.75 Å². The minimum Gasteiger partial charge on any atom is -0.506 e. The molecule has 22 heavy (non-hydrogen) atoms. The maximum atomic E-state index is 10.1. The first-order valence-electron chi connectivity index (χ1n) is 7.53. The number of hydrogen-bond donors (Lipinski definition) is 1. The van der Waals surface area contributed by atoms with E-state index >= 15 is 0 Å². The van der Waals surface area contributed by atoms with Crippen LogP contribution in [-0.4, -0.2) is 16.6 Å². The average Bonchev–Trinajstić information content (AvgIpc) is 2.50. The summed E-state index contributed by atoms with van der Waals surface area (Å²) < 4.78 is 0. The van der Waals surface area contributed by atoms with E-state index in [0.717, 1.165) is 31.5 Å². The molecule has 0 aliphatic rings. The third kappa shape index (κ3) is 4.91. The van der Waals surface area contributed by atoms with Crippen molar-refractivity contribution in [2.45, 2.75) is 32.9 Å². The van der Waals surface area contributed by atoms with Crippen molar-refractivity contribution in [2.24, 2.45) is 0 Å². The zero-order valence-electron chi connectivity index (χ0n) is 12.7. The van der Waals surface area contributed by atoms with Crippen LogP contribution in [0.25, 0.3) is 0 Å². The van der Waals surface area contributed by atoms with Crippen LogP contribution in [0.4, 0.5) is 0 Å². The molecule has 2 aromatic carbocycles.